The van der Waals surface area contributed by atoms with Gasteiger partial charge in [0.1, 0.15) is 33.5 Å². The number of rotatable bonds is 12. The lowest BCUT2D eigenvalue weighted by Gasteiger charge is -2.10. The molecule has 18 aromatic carbocycles. The van der Waals surface area contributed by atoms with Gasteiger partial charge in [-0.15, -0.1) is 0 Å². The number of nitriles is 1. The van der Waals surface area contributed by atoms with Crippen molar-refractivity contribution in [2.24, 2.45) is 0 Å². The van der Waals surface area contributed by atoms with Crippen molar-refractivity contribution in [2.75, 3.05) is 0 Å². The van der Waals surface area contributed by atoms with E-state index in [-0.39, 0.29) is 0 Å². The second-order valence-corrected chi connectivity index (χ2v) is 33.5. The minimum absolute atomic E-state index is 0.501. The smallest absolute Gasteiger partial charge is 0.198 e. The van der Waals surface area contributed by atoms with Gasteiger partial charge in [0.15, 0.2) is 63.8 Å². The molecular weight excluding hydrogens is 1700 g/mol. The van der Waals surface area contributed by atoms with Crippen LogP contribution in [0.4, 0.5) is 11.4 Å². The normalized spacial score (nSPS) is 11.5. The highest BCUT2D eigenvalue weighted by Crippen LogP contribution is 2.46. The quantitative estimate of drug-likeness (QED) is 0.105. The molecule has 0 amide bonds. The second kappa shape index (κ2) is 33.6. The Morgan fingerprint density at radius 2 is 0.536 bits per heavy atom. The van der Waals surface area contributed by atoms with Gasteiger partial charge in [0.25, 0.3) is 0 Å². The van der Waals surface area contributed by atoms with Crippen LogP contribution in [-0.4, -0.2) is 58.6 Å². The van der Waals surface area contributed by atoms with Crippen LogP contribution in [0.3, 0.4) is 0 Å². The molecule has 0 radical (unpaired) electrons. The van der Waals surface area contributed by atoms with Gasteiger partial charge in [0.2, 0.25) is 0 Å². The van der Waals surface area contributed by atoms with Crippen LogP contribution >= 0.6 is 0 Å². The van der Waals surface area contributed by atoms with Crippen LogP contribution in [-0.2, 0) is 0 Å². The molecule has 0 aliphatic carbocycles. The van der Waals surface area contributed by atoms with Crippen molar-refractivity contribution in [3.05, 3.63) is 447 Å². The molecule has 642 valence electrons. The summed E-state index contributed by atoms with van der Waals surface area (Å²) in [5.41, 5.74) is 23.2. The molecule has 27 aromatic rings. The SMILES string of the molecule is N#Cc1cccc2oc3cccc(-c4nc(-c5ccccc5)nc(-c5ccc6c(c5)c5ccccc5n6-c5ccccc5)n4)c3c12.[C-]#[N+]c1cccc2oc3c(-c4nc(-c5ccccc5)nc(-c5ccc6c7ccccc7n(-c7ccccc7)c6c5)n4)cccc3c12.[C-]#[N+]c1cccc2oc3cc(-c4nc(-c5ccccc5)nc(-c5ccc6c7ccccc7n(-c7ccccc7)c6c5)n4)ccc3c12. The Hall–Kier alpha value is -19.7. The molecule has 27 rings (SSSR count). The van der Waals surface area contributed by atoms with Gasteiger partial charge in [-0.2, -0.15) is 5.26 Å². The van der Waals surface area contributed by atoms with E-state index in [4.69, 9.17) is 71.3 Å². The van der Waals surface area contributed by atoms with E-state index in [1.165, 1.54) is 10.8 Å². The summed E-state index contributed by atoms with van der Waals surface area (Å²) in [5, 5.41) is 21.9. The topological polar surface area (TPSA) is 203 Å². The van der Waals surface area contributed by atoms with Crippen LogP contribution in [0.5, 0.6) is 0 Å². The summed E-state index contributed by atoms with van der Waals surface area (Å²) in [6, 6.07) is 142. The van der Waals surface area contributed by atoms with Gasteiger partial charge in [-0.05, 0) is 127 Å². The van der Waals surface area contributed by atoms with Crippen molar-refractivity contribution in [3.63, 3.8) is 0 Å². The second-order valence-electron chi connectivity index (χ2n) is 33.5. The van der Waals surface area contributed by atoms with Crippen LogP contribution in [0.1, 0.15) is 5.56 Å². The van der Waals surface area contributed by atoms with Crippen LogP contribution < -0.4 is 0 Å². The number of para-hydroxylation sites is 7. The summed E-state index contributed by atoms with van der Waals surface area (Å²) >= 11 is 0. The monoisotopic (exact) mass is 1770 g/mol. The van der Waals surface area contributed by atoms with E-state index in [1.807, 2.05) is 218 Å². The third-order valence-electron chi connectivity index (χ3n) is 25.4. The highest BCUT2D eigenvalue weighted by molar-refractivity contribution is 6.18. The fraction of sp³-hybridized carbons (Fsp3) is 0. The molecule has 0 unspecified atom stereocenters. The number of fused-ring (bicyclic) bond motifs is 18. The Labute approximate surface area is 787 Å². The fourth-order valence-electron chi connectivity index (χ4n) is 19.2. The fourth-order valence-corrected chi connectivity index (χ4v) is 19.2. The summed E-state index contributed by atoms with van der Waals surface area (Å²) < 4.78 is 25.6. The van der Waals surface area contributed by atoms with Gasteiger partial charge in [-0.25, -0.2) is 54.5 Å². The molecule has 0 atom stereocenters. The summed E-state index contributed by atoms with van der Waals surface area (Å²) in [7, 11) is 0. The first kappa shape index (κ1) is 80.3. The van der Waals surface area contributed by atoms with Crippen LogP contribution in [0.2, 0.25) is 0 Å². The van der Waals surface area contributed by atoms with Gasteiger partial charge in [-0.1, -0.05) is 291 Å². The van der Waals surface area contributed by atoms with E-state index in [0.717, 1.165) is 154 Å². The maximum Gasteiger partial charge on any atom is 0.198 e. The third-order valence-corrected chi connectivity index (χ3v) is 25.4. The molecule has 0 aliphatic rings. The van der Waals surface area contributed by atoms with Gasteiger partial charge in [0, 0.05) is 126 Å². The minimum Gasteiger partial charge on any atom is -0.457 e. The molecule has 9 aromatic heterocycles. The van der Waals surface area contributed by atoms with E-state index in [0.29, 0.717) is 103 Å². The number of nitrogens with zero attached hydrogens (tertiary/aromatic N) is 15. The van der Waals surface area contributed by atoms with E-state index in [2.05, 4.69) is 230 Å². The molecule has 0 fully saturated rings. The van der Waals surface area contributed by atoms with E-state index < -0.39 is 0 Å². The first-order valence-corrected chi connectivity index (χ1v) is 45.0. The van der Waals surface area contributed by atoms with Gasteiger partial charge in [-0.3, -0.25) is 0 Å². The zero-order valence-electron chi connectivity index (χ0n) is 73.3. The van der Waals surface area contributed by atoms with Crippen molar-refractivity contribution in [1.29, 1.82) is 5.26 Å². The molecule has 18 heteroatoms. The molecule has 0 saturated heterocycles. The molecule has 0 aliphatic heterocycles. The number of hydrogen-bond donors (Lipinski definition) is 0. The highest BCUT2D eigenvalue weighted by atomic mass is 16.3. The van der Waals surface area contributed by atoms with Crippen molar-refractivity contribution in [2.45, 2.75) is 0 Å². The predicted molar refractivity (Wildman–Crippen MR) is 550 cm³/mol. The van der Waals surface area contributed by atoms with Crippen LogP contribution in [0.15, 0.2) is 432 Å². The van der Waals surface area contributed by atoms with E-state index in [1.54, 1.807) is 0 Å². The molecule has 138 heavy (non-hydrogen) atoms. The van der Waals surface area contributed by atoms with Crippen molar-refractivity contribution < 1.29 is 13.3 Å². The lowest BCUT2D eigenvalue weighted by Crippen LogP contribution is -2.00. The number of furan rings is 3. The van der Waals surface area contributed by atoms with E-state index in [9.17, 15) is 5.26 Å². The Bertz CT molecular complexity index is 9710. The molecule has 0 N–H and O–H groups in total. The summed E-state index contributed by atoms with van der Waals surface area (Å²) in [6.45, 7) is 15.3. The summed E-state index contributed by atoms with van der Waals surface area (Å²) in [4.78, 5) is 52.6. The molecule has 18 nitrogen and oxygen atoms in total. The summed E-state index contributed by atoms with van der Waals surface area (Å²) in [6.07, 6.45) is 0. The molecule has 0 saturated carbocycles. The first-order chi connectivity index (χ1) is 68.3. The first-order valence-electron chi connectivity index (χ1n) is 45.0. The Morgan fingerprint density at radius 3 is 1.01 bits per heavy atom. The predicted octanol–water partition coefficient (Wildman–Crippen LogP) is 30.6. The lowest BCUT2D eigenvalue weighted by atomic mass is 10.0. The average Bonchev–Trinajstić information content (AvgIpc) is 1.59. The van der Waals surface area contributed by atoms with Crippen molar-refractivity contribution >= 4 is 143 Å². The molecule has 0 spiro atoms. The third kappa shape index (κ3) is 13.9. The van der Waals surface area contributed by atoms with Gasteiger partial charge < -0.3 is 27.0 Å². The number of aromatic nitrogens is 12. The van der Waals surface area contributed by atoms with Gasteiger partial charge in [0.05, 0.1) is 63.4 Å². The minimum atomic E-state index is 0.501. The molecular formula is C120H69N15O3. The summed E-state index contributed by atoms with van der Waals surface area (Å²) in [5.74, 6) is 4.98. The number of hydrogen-bond acceptors (Lipinski definition) is 13. The Kier molecular flexibility index (Phi) is 19.5. The maximum atomic E-state index is 9.96. The zero-order valence-corrected chi connectivity index (χ0v) is 73.3. The van der Waals surface area contributed by atoms with E-state index >= 15 is 0 Å². The zero-order chi connectivity index (χ0) is 91.8. The molecule has 0 bridgehead atoms. The Balaban J connectivity index is 0.000000110. The maximum absolute atomic E-state index is 9.96. The van der Waals surface area contributed by atoms with Crippen molar-refractivity contribution in [1.82, 2.24) is 58.6 Å². The van der Waals surface area contributed by atoms with Gasteiger partial charge >= 0.3 is 0 Å². The standard InChI is InChI=1S/3C40H23N5O/c1-41-32-19-11-21-35-36(32)30-17-10-18-31(37(30)46-35)40-43-38(25-12-4-2-5-13-25)42-39(44-40)26-22-23-29-28-16-8-9-20-33(28)45(34(29)24-26)27-14-6-3-7-15-27;1-41-32-16-10-18-35-37(32)31-22-20-27(24-36(31)46-35)40-43-38(25-11-4-2-5-12-25)42-39(44-40)26-19-21-30-29-15-8-9-17-33(29)45(34(30)23-26)28-13-6-3-7-14-28;41-24-27-13-9-19-34-36(27)37-30(17-10-20-35(37)46-34)40-43-38(25-11-3-1-4-12-25)42-39(44-40)26-21-22-33-31(23-26)29-16-7-8-18-32(29)45(33)28-14-5-2-6-15-28/h2*2-24H;1-23H. The highest BCUT2D eigenvalue weighted by Gasteiger charge is 2.26. The largest absolute Gasteiger partial charge is 0.457 e. The molecule has 9 heterocycles. The average molecular weight is 1770 g/mol. The number of benzene rings is 18. The van der Waals surface area contributed by atoms with Crippen LogP contribution in [0.25, 0.3) is 260 Å². The Morgan fingerprint density at radius 1 is 0.217 bits per heavy atom. The lowest BCUT2D eigenvalue weighted by molar-refractivity contribution is 0.668. The van der Waals surface area contributed by atoms with Crippen LogP contribution in [0, 0.1) is 24.5 Å². The van der Waals surface area contributed by atoms with Crippen molar-refractivity contribution in [3.8, 4) is 126 Å².